The normalized spacial score (nSPS) is 12.6. The Hall–Kier alpha value is -0.870. The Bertz CT molecular complexity index is 402. The number of hydrogen-bond acceptors (Lipinski definition) is 3. The number of carbonyl (C=O) groups is 1. The van der Waals surface area contributed by atoms with Gasteiger partial charge in [-0.05, 0) is 46.8 Å². The molecule has 1 heterocycles. The maximum atomic E-state index is 12.1. The van der Waals surface area contributed by atoms with E-state index >= 15 is 0 Å². The minimum Gasteiger partial charge on any atom is -0.351 e. The molecule has 0 bridgehead atoms. The summed E-state index contributed by atoms with van der Waals surface area (Å²) in [6.45, 7) is 10.1. The number of thiophene rings is 1. The summed E-state index contributed by atoms with van der Waals surface area (Å²) in [7, 11) is 0. The predicted molar refractivity (Wildman–Crippen MR) is 73.0 cm³/mol. The standard InChI is InChI=1S/C13H22N2OS/c1-9-6-7-10(17-9)8-15-11(16)12(2,3)13(4,5)14/h6-7H,8,14H2,1-5H3,(H,15,16). The zero-order chi connectivity index (χ0) is 13.3. The molecule has 0 radical (unpaired) electrons. The third-order valence-corrected chi connectivity index (χ3v) is 4.40. The Balaban J connectivity index is 2.61. The summed E-state index contributed by atoms with van der Waals surface area (Å²) in [5, 5.41) is 2.95. The summed E-state index contributed by atoms with van der Waals surface area (Å²) in [6.07, 6.45) is 0. The number of rotatable bonds is 4. The molecule has 1 aromatic rings. The summed E-state index contributed by atoms with van der Waals surface area (Å²) >= 11 is 1.70. The van der Waals surface area contributed by atoms with Crippen LogP contribution in [0.4, 0.5) is 0 Å². The fraction of sp³-hybridized carbons (Fsp3) is 0.615. The highest BCUT2D eigenvalue weighted by atomic mass is 32.1. The summed E-state index contributed by atoms with van der Waals surface area (Å²) in [6, 6.07) is 4.10. The molecular weight excluding hydrogens is 232 g/mol. The number of nitrogens with one attached hydrogen (secondary N) is 1. The summed E-state index contributed by atoms with van der Waals surface area (Å²) in [5.74, 6) is -0.00365. The third-order valence-electron chi connectivity index (χ3n) is 3.40. The van der Waals surface area contributed by atoms with Gasteiger partial charge in [0.05, 0.1) is 12.0 Å². The lowest BCUT2D eigenvalue weighted by Crippen LogP contribution is -2.55. The molecule has 3 N–H and O–H groups in total. The van der Waals surface area contributed by atoms with E-state index in [0.717, 1.165) is 0 Å². The predicted octanol–water partition coefficient (Wildman–Crippen LogP) is 2.44. The molecule has 4 heteroatoms. The van der Waals surface area contributed by atoms with Crippen molar-refractivity contribution in [1.29, 1.82) is 0 Å². The first-order valence-corrected chi connectivity index (χ1v) is 6.59. The maximum absolute atomic E-state index is 12.1. The van der Waals surface area contributed by atoms with E-state index in [9.17, 15) is 4.79 Å². The molecule has 0 aliphatic heterocycles. The van der Waals surface area contributed by atoms with E-state index in [2.05, 4.69) is 18.3 Å². The van der Waals surface area contributed by atoms with Crippen LogP contribution in [0.5, 0.6) is 0 Å². The van der Waals surface area contributed by atoms with Crippen LogP contribution in [0.1, 0.15) is 37.4 Å². The zero-order valence-electron chi connectivity index (χ0n) is 11.3. The zero-order valence-corrected chi connectivity index (χ0v) is 12.1. The summed E-state index contributed by atoms with van der Waals surface area (Å²) in [4.78, 5) is 14.5. The highest BCUT2D eigenvalue weighted by Crippen LogP contribution is 2.28. The lowest BCUT2D eigenvalue weighted by molar-refractivity contribution is -0.132. The van der Waals surface area contributed by atoms with Crippen molar-refractivity contribution in [3.8, 4) is 0 Å². The molecule has 3 nitrogen and oxygen atoms in total. The molecule has 1 aromatic heterocycles. The minimum atomic E-state index is -0.584. The van der Waals surface area contributed by atoms with Crippen LogP contribution >= 0.6 is 11.3 Å². The lowest BCUT2D eigenvalue weighted by Gasteiger charge is -2.36. The average Bonchev–Trinajstić information content (AvgIpc) is 2.58. The van der Waals surface area contributed by atoms with Crippen LogP contribution in [0.25, 0.3) is 0 Å². The van der Waals surface area contributed by atoms with Crippen molar-refractivity contribution in [1.82, 2.24) is 5.32 Å². The second kappa shape index (κ2) is 4.78. The highest BCUT2D eigenvalue weighted by Gasteiger charge is 2.40. The molecule has 0 atom stereocenters. The molecule has 1 amide bonds. The van der Waals surface area contributed by atoms with Gasteiger partial charge in [0, 0.05) is 15.3 Å². The molecule has 0 unspecified atom stereocenters. The molecule has 0 aromatic carbocycles. The summed E-state index contributed by atoms with van der Waals surface area (Å²) < 4.78 is 0. The Morgan fingerprint density at radius 3 is 2.35 bits per heavy atom. The molecule has 0 aliphatic rings. The fourth-order valence-corrected chi connectivity index (χ4v) is 2.09. The van der Waals surface area contributed by atoms with Crippen LogP contribution in [0, 0.1) is 12.3 Å². The SMILES string of the molecule is Cc1ccc(CNC(=O)C(C)(C)C(C)(C)N)s1. The van der Waals surface area contributed by atoms with E-state index in [1.807, 2.05) is 33.8 Å². The largest absolute Gasteiger partial charge is 0.351 e. The molecule has 0 fully saturated rings. The Morgan fingerprint density at radius 1 is 1.35 bits per heavy atom. The van der Waals surface area contributed by atoms with Crippen LogP contribution in [0.2, 0.25) is 0 Å². The van der Waals surface area contributed by atoms with Gasteiger partial charge in [-0.2, -0.15) is 0 Å². The number of amides is 1. The molecule has 1 rings (SSSR count). The first-order chi connectivity index (χ1) is 7.64. The minimum absolute atomic E-state index is 0.00365. The van der Waals surface area contributed by atoms with Gasteiger partial charge >= 0.3 is 0 Å². The molecule has 17 heavy (non-hydrogen) atoms. The maximum Gasteiger partial charge on any atom is 0.227 e. The Kier molecular flexibility index (Phi) is 3.99. The fourth-order valence-electron chi connectivity index (χ4n) is 1.26. The topological polar surface area (TPSA) is 55.1 Å². The number of nitrogens with two attached hydrogens (primary N) is 1. The van der Waals surface area contributed by atoms with Gasteiger partial charge in [-0.3, -0.25) is 4.79 Å². The van der Waals surface area contributed by atoms with Crippen LogP contribution in [-0.2, 0) is 11.3 Å². The van der Waals surface area contributed by atoms with E-state index in [4.69, 9.17) is 5.73 Å². The van der Waals surface area contributed by atoms with Crippen molar-refractivity contribution in [2.24, 2.45) is 11.1 Å². The van der Waals surface area contributed by atoms with Gasteiger partial charge < -0.3 is 11.1 Å². The quantitative estimate of drug-likeness (QED) is 0.867. The van der Waals surface area contributed by atoms with Crippen LogP contribution < -0.4 is 11.1 Å². The molecular formula is C13H22N2OS. The van der Waals surface area contributed by atoms with Gasteiger partial charge in [0.15, 0.2) is 0 Å². The van der Waals surface area contributed by atoms with Gasteiger partial charge in [0.1, 0.15) is 0 Å². The second-order valence-corrected chi connectivity index (χ2v) is 6.91. The van der Waals surface area contributed by atoms with Crippen molar-refractivity contribution in [2.45, 2.75) is 46.7 Å². The first-order valence-electron chi connectivity index (χ1n) is 5.77. The first kappa shape index (κ1) is 14.2. The Morgan fingerprint density at radius 2 is 1.94 bits per heavy atom. The van der Waals surface area contributed by atoms with E-state index in [1.54, 1.807) is 11.3 Å². The number of carbonyl (C=O) groups excluding carboxylic acids is 1. The van der Waals surface area contributed by atoms with Gasteiger partial charge in [0.25, 0.3) is 0 Å². The highest BCUT2D eigenvalue weighted by molar-refractivity contribution is 7.11. The van der Waals surface area contributed by atoms with Crippen molar-refractivity contribution >= 4 is 17.2 Å². The van der Waals surface area contributed by atoms with E-state index in [-0.39, 0.29) is 5.91 Å². The van der Waals surface area contributed by atoms with E-state index in [1.165, 1.54) is 9.75 Å². The molecule has 0 saturated carbocycles. The average molecular weight is 254 g/mol. The smallest absolute Gasteiger partial charge is 0.227 e. The monoisotopic (exact) mass is 254 g/mol. The molecule has 0 saturated heterocycles. The molecule has 96 valence electrons. The number of aryl methyl sites for hydroxylation is 1. The van der Waals surface area contributed by atoms with Crippen molar-refractivity contribution < 1.29 is 4.79 Å². The van der Waals surface area contributed by atoms with Gasteiger partial charge in [-0.25, -0.2) is 0 Å². The van der Waals surface area contributed by atoms with Crippen molar-refractivity contribution in [2.75, 3.05) is 0 Å². The van der Waals surface area contributed by atoms with E-state index in [0.29, 0.717) is 6.54 Å². The van der Waals surface area contributed by atoms with Crippen LogP contribution in [0.3, 0.4) is 0 Å². The van der Waals surface area contributed by atoms with Crippen LogP contribution in [0.15, 0.2) is 12.1 Å². The van der Waals surface area contributed by atoms with Gasteiger partial charge in [-0.15, -0.1) is 11.3 Å². The molecule has 0 aliphatic carbocycles. The van der Waals surface area contributed by atoms with Crippen molar-refractivity contribution in [3.63, 3.8) is 0 Å². The van der Waals surface area contributed by atoms with Crippen LogP contribution in [-0.4, -0.2) is 11.4 Å². The third kappa shape index (κ3) is 3.30. The second-order valence-electron chi connectivity index (χ2n) is 5.54. The lowest BCUT2D eigenvalue weighted by atomic mass is 9.74. The van der Waals surface area contributed by atoms with Gasteiger partial charge in [0.2, 0.25) is 5.91 Å². The molecule has 0 spiro atoms. The van der Waals surface area contributed by atoms with Gasteiger partial charge in [-0.1, -0.05) is 0 Å². The van der Waals surface area contributed by atoms with Crippen molar-refractivity contribution in [3.05, 3.63) is 21.9 Å². The number of hydrogen-bond donors (Lipinski definition) is 2. The van der Waals surface area contributed by atoms with E-state index < -0.39 is 11.0 Å². The summed E-state index contributed by atoms with van der Waals surface area (Å²) in [5.41, 5.74) is 4.91. The Labute approximate surface area is 107 Å².